The smallest absolute Gasteiger partial charge is 0.240 e. The number of rotatable bonds is 7. The first-order chi connectivity index (χ1) is 46.6. The van der Waals surface area contributed by atoms with Crippen LogP contribution in [0.15, 0.2) is 304 Å². The van der Waals surface area contributed by atoms with Gasteiger partial charge in [0.25, 0.3) is 0 Å². The summed E-state index contributed by atoms with van der Waals surface area (Å²) in [6.07, 6.45) is 0. The summed E-state index contributed by atoms with van der Waals surface area (Å²) < 4.78 is 26.2. The number of nitrogens with zero attached hydrogens (tertiary/aromatic N) is 6. The Kier molecular flexibility index (Phi) is 10.5. The van der Waals surface area contributed by atoms with E-state index in [0.29, 0.717) is 17.7 Å². The summed E-state index contributed by atoms with van der Waals surface area (Å²) in [5.41, 5.74) is 19.5. The number of benzene rings is 14. The molecule has 0 atom stereocenters. The molecule has 7 heterocycles. The minimum atomic E-state index is 0.484. The van der Waals surface area contributed by atoms with Crippen LogP contribution in [0.3, 0.4) is 0 Å². The molecule has 21 aromatic rings. The summed E-state index contributed by atoms with van der Waals surface area (Å²) in [7, 11) is 0. The van der Waals surface area contributed by atoms with Crippen LogP contribution in [-0.4, -0.2) is 28.7 Å². The number of para-hydroxylation sites is 6. The lowest BCUT2D eigenvalue weighted by atomic mass is 10.0. The van der Waals surface area contributed by atoms with Gasteiger partial charge >= 0.3 is 0 Å². The van der Waals surface area contributed by atoms with Crippen molar-refractivity contribution in [1.29, 1.82) is 0 Å². The van der Waals surface area contributed by atoms with Crippen molar-refractivity contribution in [2.24, 2.45) is 0 Å². The van der Waals surface area contributed by atoms with Crippen LogP contribution in [0.25, 0.3) is 204 Å². The predicted octanol–water partition coefficient (Wildman–Crippen LogP) is 22.7. The molecule has 0 unspecified atom stereocenters. The molecule has 0 fully saturated rings. The van der Waals surface area contributed by atoms with Gasteiger partial charge in [0.1, 0.15) is 33.5 Å². The molecule has 0 spiro atoms. The minimum Gasteiger partial charge on any atom is -0.456 e. The molecule has 9 heteroatoms. The van der Waals surface area contributed by atoms with E-state index in [-0.39, 0.29) is 0 Å². The van der Waals surface area contributed by atoms with Crippen LogP contribution in [0.5, 0.6) is 0 Å². The highest BCUT2D eigenvalue weighted by Crippen LogP contribution is 2.44. The number of aromatic nitrogens is 6. The molecule has 0 N–H and O–H groups in total. The molecule has 21 rings (SSSR count). The normalized spacial score (nSPS) is 12.3. The number of hydrogen-bond acceptors (Lipinski definition) is 6. The van der Waals surface area contributed by atoms with Crippen molar-refractivity contribution >= 4 is 142 Å². The molecule has 0 saturated heterocycles. The Morgan fingerprint density at radius 2 is 0.500 bits per heavy atom. The van der Waals surface area contributed by atoms with Crippen molar-refractivity contribution < 1.29 is 13.3 Å². The zero-order valence-corrected chi connectivity index (χ0v) is 50.1. The Morgan fingerprint density at radius 3 is 0.915 bits per heavy atom. The van der Waals surface area contributed by atoms with Gasteiger partial charge in [0.05, 0.1) is 38.8 Å². The van der Waals surface area contributed by atoms with Crippen LogP contribution < -0.4 is 0 Å². The highest BCUT2D eigenvalue weighted by Gasteiger charge is 2.25. The monoisotopic (exact) mass is 1200 g/mol. The lowest BCUT2D eigenvalue weighted by Gasteiger charge is -2.16. The molecule has 94 heavy (non-hydrogen) atoms. The third-order valence-electron chi connectivity index (χ3n) is 19.6. The molecule has 14 aromatic carbocycles. The van der Waals surface area contributed by atoms with E-state index in [4.69, 9.17) is 28.2 Å². The molecule has 0 bridgehead atoms. The summed E-state index contributed by atoms with van der Waals surface area (Å²) in [4.78, 5) is 17.1. The van der Waals surface area contributed by atoms with Crippen LogP contribution in [0.1, 0.15) is 0 Å². The minimum absolute atomic E-state index is 0.484. The zero-order chi connectivity index (χ0) is 61.3. The van der Waals surface area contributed by atoms with Crippen molar-refractivity contribution in [1.82, 2.24) is 28.7 Å². The molecular formula is C85H48N6O3. The van der Waals surface area contributed by atoms with Crippen LogP contribution in [-0.2, 0) is 0 Å². The molecule has 0 aliphatic carbocycles. The number of fused-ring (bicyclic) bond motifs is 19. The van der Waals surface area contributed by atoms with Gasteiger partial charge < -0.3 is 17.8 Å². The van der Waals surface area contributed by atoms with Gasteiger partial charge in [-0.2, -0.15) is 15.0 Å². The van der Waals surface area contributed by atoms with Crippen LogP contribution in [0.2, 0.25) is 0 Å². The maximum atomic E-state index is 6.46. The maximum Gasteiger partial charge on any atom is 0.240 e. The average molecular weight is 1200 g/mol. The molecule has 0 aliphatic rings. The number of furan rings is 3. The fraction of sp³-hybridized carbons (Fsp3) is 0. The summed E-state index contributed by atoms with van der Waals surface area (Å²) in [6.45, 7) is 0. The summed E-state index contributed by atoms with van der Waals surface area (Å²) in [5, 5.41) is 15.3. The van der Waals surface area contributed by atoms with Gasteiger partial charge in [0.2, 0.25) is 11.9 Å². The summed E-state index contributed by atoms with van der Waals surface area (Å²) in [6, 6.07) is 104. The quantitative estimate of drug-likeness (QED) is 0.158. The topological polar surface area (TPSA) is 92.9 Å². The second kappa shape index (κ2) is 19.3. The van der Waals surface area contributed by atoms with E-state index < -0.39 is 0 Å². The van der Waals surface area contributed by atoms with Gasteiger partial charge in [0.15, 0.2) is 5.82 Å². The van der Waals surface area contributed by atoms with E-state index in [9.17, 15) is 0 Å². The Labute approximate surface area is 534 Å². The van der Waals surface area contributed by atoms with Crippen LogP contribution >= 0.6 is 0 Å². The SMILES string of the molecule is c1ccc2c(c1)oc1cc(-c3ccc4c5ccccc5n(-c5nc(-c6ccc(-n7c8ccccc8c8ccc(-c9ccc%10c(c9)oc9ccccc9%10)cc87)c7ccccc67)nc(-n6c7ccccc7c7ccc(-c8ccc9c(c8)oc8ccccc89)cc76)n5)c4c3)ccc12. The molecule has 0 saturated carbocycles. The second-order valence-corrected chi connectivity index (χ2v) is 24.6. The third-order valence-corrected chi connectivity index (χ3v) is 19.6. The van der Waals surface area contributed by atoms with Crippen molar-refractivity contribution in [3.63, 3.8) is 0 Å². The predicted molar refractivity (Wildman–Crippen MR) is 384 cm³/mol. The second-order valence-electron chi connectivity index (χ2n) is 24.6. The molecule has 0 aliphatic heterocycles. The highest BCUT2D eigenvalue weighted by atomic mass is 16.3. The fourth-order valence-corrected chi connectivity index (χ4v) is 15.2. The van der Waals surface area contributed by atoms with E-state index in [0.717, 1.165) is 181 Å². The van der Waals surface area contributed by atoms with E-state index >= 15 is 0 Å². The van der Waals surface area contributed by atoms with Crippen LogP contribution in [0.4, 0.5) is 0 Å². The Balaban J connectivity index is 0.796. The standard InChI is InChI=1S/C85H48N6O3/c1-2-16-56-55(15-1)69(41-42-73(56)89-70-23-9-3-17-57(70)60-35-29-49(43-74(60)89)52-32-38-66-63-20-6-12-26-77(63)92-80(66)46-52)83-86-84(90-71-24-10-4-18-58(71)61-36-30-50(44-75(61)90)53-33-39-67-64-21-7-13-27-78(64)93-81(67)47-53)88-85(87-83)91-72-25-11-5-19-59(72)62-37-31-51(45-76(62)91)54-34-40-68-65-22-8-14-28-79(65)94-82(68)48-54/h1-48H. The van der Waals surface area contributed by atoms with E-state index in [1.807, 2.05) is 36.4 Å². The lowest BCUT2D eigenvalue weighted by Crippen LogP contribution is -2.10. The zero-order valence-electron chi connectivity index (χ0n) is 50.1. The Morgan fingerprint density at radius 1 is 0.202 bits per heavy atom. The van der Waals surface area contributed by atoms with E-state index in [2.05, 4.69) is 268 Å². The Bertz CT molecular complexity index is 6580. The largest absolute Gasteiger partial charge is 0.456 e. The van der Waals surface area contributed by atoms with Crippen molar-refractivity contribution in [3.05, 3.63) is 291 Å². The third kappa shape index (κ3) is 7.43. The number of hydrogen-bond donors (Lipinski definition) is 0. The van der Waals surface area contributed by atoms with Crippen molar-refractivity contribution in [2.75, 3.05) is 0 Å². The van der Waals surface area contributed by atoms with E-state index in [1.165, 1.54) is 5.39 Å². The van der Waals surface area contributed by atoms with Crippen LogP contribution in [0, 0.1) is 0 Å². The first kappa shape index (κ1) is 51.0. The van der Waals surface area contributed by atoms with Gasteiger partial charge in [0, 0.05) is 75.6 Å². The molecule has 0 amide bonds. The molecule has 436 valence electrons. The molecule has 9 nitrogen and oxygen atoms in total. The van der Waals surface area contributed by atoms with Gasteiger partial charge in [-0.15, -0.1) is 0 Å². The maximum absolute atomic E-state index is 6.46. The molecule has 7 aromatic heterocycles. The van der Waals surface area contributed by atoms with Crippen molar-refractivity contribution in [2.45, 2.75) is 0 Å². The first-order valence-electron chi connectivity index (χ1n) is 31.7. The van der Waals surface area contributed by atoms with Crippen molar-refractivity contribution in [3.8, 4) is 62.4 Å². The highest BCUT2D eigenvalue weighted by molar-refractivity contribution is 6.16. The lowest BCUT2D eigenvalue weighted by molar-refractivity contribution is 0.668. The summed E-state index contributed by atoms with van der Waals surface area (Å²) in [5.74, 6) is 1.50. The first-order valence-corrected chi connectivity index (χ1v) is 31.7. The summed E-state index contributed by atoms with van der Waals surface area (Å²) >= 11 is 0. The Hall–Kier alpha value is -12.9. The van der Waals surface area contributed by atoms with Gasteiger partial charge in [-0.05, 0) is 142 Å². The van der Waals surface area contributed by atoms with Gasteiger partial charge in [-0.1, -0.05) is 188 Å². The molecular weight excluding hydrogens is 1150 g/mol. The van der Waals surface area contributed by atoms with E-state index in [1.54, 1.807) is 0 Å². The molecule has 0 radical (unpaired) electrons. The van der Waals surface area contributed by atoms with Gasteiger partial charge in [-0.3, -0.25) is 9.13 Å². The fourth-order valence-electron chi connectivity index (χ4n) is 15.2. The van der Waals surface area contributed by atoms with Gasteiger partial charge in [-0.25, -0.2) is 0 Å². The average Bonchev–Trinajstić information content (AvgIpc) is 1.62.